The lowest BCUT2D eigenvalue weighted by Crippen LogP contribution is -2.11. The molecule has 2 aromatic carbocycles. The van der Waals surface area contributed by atoms with Crippen molar-refractivity contribution in [3.05, 3.63) is 63.6 Å². The third-order valence-corrected chi connectivity index (χ3v) is 4.44. The average molecular weight is 306 g/mol. The van der Waals surface area contributed by atoms with Crippen molar-refractivity contribution in [1.29, 1.82) is 0 Å². The van der Waals surface area contributed by atoms with Gasteiger partial charge in [0.1, 0.15) is 0 Å². The molecule has 1 unspecified atom stereocenters. The van der Waals surface area contributed by atoms with Gasteiger partial charge in [-0.15, -0.1) is 0 Å². The van der Waals surface area contributed by atoms with Crippen LogP contribution in [0.4, 0.5) is 5.69 Å². The van der Waals surface area contributed by atoms with Gasteiger partial charge in [0.15, 0.2) is 0 Å². The van der Waals surface area contributed by atoms with Gasteiger partial charge in [-0.3, -0.25) is 0 Å². The molecule has 0 amide bonds. The first-order valence-electron chi connectivity index (χ1n) is 7.03. The molecule has 104 valence electrons. The average Bonchev–Trinajstić information content (AvgIpc) is 2.66. The number of nitrogens with one attached hydrogen (secondary N) is 1. The summed E-state index contributed by atoms with van der Waals surface area (Å²) >= 11 is 12.3. The van der Waals surface area contributed by atoms with E-state index in [1.807, 2.05) is 18.2 Å². The van der Waals surface area contributed by atoms with Crippen LogP contribution >= 0.6 is 23.2 Å². The number of rotatable bonds is 2. The molecule has 0 fully saturated rings. The molecule has 1 aliphatic rings. The van der Waals surface area contributed by atoms with Crippen LogP contribution in [0.2, 0.25) is 10.0 Å². The van der Waals surface area contributed by atoms with Crippen molar-refractivity contribution in [2.24, 2.45) is 0 Å². The number of aryl methyl sites for hydroxylation is 1. The number of anilines is 1. The zero-order valence-corrected chi connectivity index (χ0v) is 12.7. The van der Waals surface area contributed by atoms with E-state index >= 15 is 0 Å². The quantitative estimate of drug-likeness (QED) is 0.684. The third-order valence-electron chi connectivity index (χ3n) is 3.88. The largest absolute Gasteiger partial charge is 0.377 e. The van der Waals surface area contributed by atoms with E-state index in [2.05, 4.69) is 29.6 Å². The highest BCUT2D eigenvalue weighted by molar-refractivity contribution is 6.35. The zero-order chi connectivity index (χ0) is 13.9. The SMILES string of the molecule is Clc1ccc(Cl)c(NC2CCCCc3ccccc32)c1. The Labute approximate surface area is 129 Å². The van der Waals surface area contributed by atoms with Crippen LogP contribution in [-0.2, 0) is 6.42 Å². The summed E-state index contributed by atoms with van der Waals surface area (Å²) < 4.78 is 0. The smallest absolute Gasteiger partial charge is 0.0638 e. The van der Waals surface area contributed by atoms with Gasteiger partial charge >= 0.3 is 0 Å². The molecule has 0 bridgehead atoms. The molecule has 1 aliphatic carbocycles. The summed E-state index contributed by atoms with van der Waals surface area (Å²) in [6.45, 7) is 0. The summed E-state index contributed by atoms with van der Waals surface area (Å²) in [6.07, 6.45) is 4.76. The maximum atomic E-state index is 6.26. The van der Waals surface area contributed by atoms with Crippen LogP contribution in [0.25, 0.3) is 0 Å². The molecule has 0 heterocycles. The first kappa shape index (κ1) is 13.8. The van der Waals surface area contributed by atoms with E-state index in [0.29, 0.717) is 11.1 Å². The maximum Gasteiger partial charge on any atom is 0.0638 e. The second-order valence-electron chi connectivity index (χ2n) is 5.27. The molecular formula is C17H17Cl2N. The predicted octanol–water partition coefficient (Wildman–Crippen LogP) is 5.87. The summed E-state index contributed by atoms with van der Waals surface area (Å²) in [5.41, 5.74) is 3.75. The van der Waals surface area contributed by atoms with Crippen molar-refractivity contribution in [3.63, 3.8) is 0 Å². The molecule has 0 aromatic heterocycles. The van der Waals surface area contributed by atoms with E-state index in [1.165, 1.54) is 24.0 Å². The Morgan fingerprint density at radius 1 is 1.00 bits per heavy atom. The predicted molar refractivity (Wildman–Crippen MR) is 86.8 cm³/mol. The van der Waals surface area contributed by atoms with Crippen LogP contribution in [0.5, 0.6) is 0 Å². The number of halogens is 2. The zero-order valence-electron chi connectivity index (χ0n) is 11.2. The van der Waals surface area contributed by atoms with Crippen molar-refractivity contribution in [2.75, 3.05) is 5.32 Å². The van der Waals surface area contributed by atoms with Gasteiger partial charge in [-0.05, 0) is 48.6 Å². The summed E-state index contributed by atoms with van der Waals surface area (Å²) in [5, 5.41) is 5.00. The van der Waals surface area contributed by atoms with Crippen molar-refractivity contribution in [2.45, 2.75) is 31.7 Å². The van der Waals surface area contributed by atoms with Crippen LogP contribution in [0.1, 0.15) is 36.4 Å². The normalized spacial score (nSPS) is 18.2. The molecule has 3 heteroatoms. The van der Waals surface area contributed by atoms with Crippen molar-refractivity contribution in [1.82, 2.24) is 0 Å². The first-order chi connectivity index (χ1) is 9.74. The van der Waals surface area contributed by atoms with E-state index in [1.54, 1.807) is 0 Å². The van der Waals surface area contributed by atoms with Gasteiger partial charge in [0.05, 0.1) is 16.8 Å². The van der Waals surface area contributed by atoms with Gasteiger partial charge in [-0.2, -0.15) is 0 Å². The van der Waals surface area contributed by atoms with Gasteiger partial charge in [0.25, 0.3) is 0 Å². The van der Waals surface area contributed by atoms with E-state index in [0.717, 1.165) is 23.6 Å². The minimum atomic E-state index is 0.310. The monoisotopic (exact) mass is 305 g/mol. The van der Waals surface area contributed by atoms with Crippen molar-refractivity contribution < 1.29 is 0 Å². The molecule has 1 nitrogen and oxygen atoms in total. The van der Waals surface area contributed by atoms with Crippen LogP contribution < -0.4 is 5.32 Å². The van der Waals surface area contributed by atoms with E-state index in [4.69, 9.17) is 23.2 Å². The Bertz CT molecular complexity index is 610. The molecule has 1 atom stereocenters. The molecule has 2 aromatic rings. The van der Waals surface area contributed by atoms with Gasteiger partial charge in [-0.1, -0.05) is 53.9 Å². The highest BCUT2D eigenvalue weighted by Crippen LogP contribution is 2.34. The molecular weight excluding hydrogens is 289 g/mol. The Kier molecular flexibility index (Phi) is 4.18. The van der Waals surface area contributed by atoms with Gasteiger partial charge in [0, 0.05) is 5.02 Å². The molecule has 0 spiro atoms. The number of hydrogen-bond donors (Lipinski definition) is 1. The second kappa shape index (κ2) is 6.07. The maximum absolute atomic E-state index is 6.26. The van der Waals surface area contributed by atoms with E-state index in [-0.39, 0.29) is 0 Å². The van der Waals surface area contributed by atoms with Gasteiger partial charge in [-0.25, -0.2) is 0 Å². The minimum Gasteiger partial charge on any atom is -0.377 e. The molecule has 0 aliphatic heterocycles. The van der Waals surface area contributed by atoms with E-state index in [9.17, 15) is 0 Å². The lowest BCUT2D eigenvalue weighted by molar-refractivity contribution is 0.644. The fourth-order valence-electron chi connectivity index (χ4n) is 2.87. The van der Waals surface area contributed by atoms with Crippen molar-refractivity contribution in [3.8, 4) is 0 Å². The highest BCUT2D eigenvalue weighted by Gasteiger charge is 2.18. The minimum absolute atomic E-state index is 0.310. The van der Waals surface area contributed by atoms with Crippen molar-refractivity contribution >= 4 is 28.9 Å². The number of benzene rings is 2. The Hall–Kier alpha value is -1.18. The fourth-order valence-corrected chi connectivity index (χ4v) is 3.21. The molecule has 0 saturated carbocycles. The summed E-state index contributed by atoms with van der Waals surface area (Å²) in [5.74, 6) is 0. The first-order valence-corrected chi connectivity index (χ1v) is 7.79. The summed E-state index contributed by atoms with van der Waals surface area (Å²) in [7, 11) is 0. The standard InChI is InChI=1S/C17H17Cl2N/c18-13-9-10-15(19)17(11-13)20-16-8-4-2-6-12-5-1-3-7-14(12)16/h1,3,5,7,9-11,16,20H,2,4,6,8H2. The van der Waals surface area contributed by atoms with Crippen LogP contribution in [0.3, 0.4) is 0 Å². The highest BCUT2D eigenvalue weighted by atomic mass is 35.5. The van der Waals surface area contributed by atoms with Crippen LogP contribution in [0, 0.1) is 0 Å². The van der Waals surface area contributed by atoms with Gasteiger partial charge in [0.2, 0.25) is 0 Å². The topological polar surface area (TPSA) is 12.0 Å². The summed E-state index contributed by atoms with van der Waals surface area (Å²) in [4.78, 5) is 0. The van der Waals surface area contributed by atoms with Crippen LogP contribution in [-0.4, -0.2) is 0 Å². The molecule has 0 radical (unpaired) electrons. The lowest BCUT2D eigenvalue weighted by atomic mass is 9.99. The Morgan fingerprint density at radius 2 is 1.85 bits per heavy atom. The van der Waals surface area contributed by atoms with Crippen LogP contribution in [0.15, 0.2) is 42.5 Å². The number of fused-ring (bicyclic) bond motifs is 1. The molecule has 1 N–H and O–H groups in total. The molecule has 3 rings (SSSR count). The molecule has 0 saturated heterocycles. The van der Waals surface area contributed by atoms with E-state index < -0.39 is 0 Å². The van der Waals surface area contributed by atoms with Gasteiger partial charge < -0.3 is 5.32 Å². The molecule has 20 heavy (non-hydrogen) atoms. The Balaban J connectivity index is 1.92. The number of hydrogen-bond acceptors (Lipinski definition) is 1. The second-order valence-corrected chi connectivity index (χ2v) is 6.11. The summed E-state index contributed by atoms with van der Waals surface area (Å²) in [6, 6.07) is 14.5. The lowest BCUT2D eigenvalue weighted by Gasteiger charge is -2.21. The fraction of sp³-hybridized carbons (Fsp3) is 0.294. The third kappa shape index (κ3) is 2.94. The Morgan fingerprint density at radius 3 is 2.75 bits per heavy atom.